The molecule has 40 heavy (non-hydrogen) atoms. The first-order chi connectivity index (χ1) is 19.2. The maximum absolute atomic E-state index is 13.0. The molecule has 12 heteroatoms. The number of carbonyl (C=O) groups is 4. The normalized spacial score (nSPS) is 14.0. The number of nitrogens with one attached hydrogen (secondary N) is 1. The van der Waals surface area contributed by atoms with Gasteiger partial charge in [-0.15, -0.1) is 0 Å². The third-order valence-electron chi connectivity index (χ3n) is 5.47. The zero-order chi connectivity index (χ0) is 28.8. The SMILES string of the molecule is CCOC(=O)c1cc(NC(=O)CN2C(=O)S/C(=C/c3cc(I)c(OCc4ccccc4)c(I)c3)C2=O)ccc1Cl. The molecule has 1 fully saturated rings. The van der Waals surface area contributed by atoms with Crippen molar-refractivity contribution in [3.63, 3.8) is 0 Å². The van der Waals surface area contributed by atoms with Gasteiger partial charge < -0.3 is 14.8 Å². The van der Waals surface area contributed by atoms with Crippen LogP contribution < -0.4 is 10.1 Å². The van der Waals surface area contributed by atoms with Gasteiger partial charge >= 0.3 is 5.97 Å². The van der Waals surface area contributed by atoms with Crippen LogP contribution in [0.4, 0.5) is 10.5 Å². The standard InChI is InChI=1S/C28H21ClI2N2O6S/c1-2-38-27(36)19-13-18(8-9-20(19)29)32-24(34)14-33-26(35)23(40-28(33)37)12-17-10-21(30)25(22(31)11-17)39-15-16-6-4-3-5-7-16/h3-13H,2,14-15H2,1H3,(H,32,34)/b23-12+. The lowest BCUT2D eigenvalue weighted by Gasteiger charge is -2.13. The highest BCUT2D eigenvalue weighted by Gasteiger charge is 2.36. The fourth-order valence-electron chi connectivity index (χ4n) is 3.63. The fraction of sp³-hybridized carbons (Fsp3) is 0.143. The van der Waals surface area contributed by atoms with Gasteiger partial charge in [0.1, 0.15) is 18.9 Å². The first-order valence-corrected chi connectivity index (χ1v) is 15.2. The Labute approximate surface area is 267 Å². The van der Waals surface area contributed by atoms with Crippen molar-refractivity contribution in [2.24, 2.45) is 0 Å². The number of esters is 1. The van der Waals surface area contributed by atoms with Crippen molar-refractivity contribution in [2.45, 2.75) is 13.5 Å². The Morgan fingerprint density at radius 3 is 2.42 bits per heavy atom. The predicted octanol–water partition coefficient (Wildman–Crippen LogP) is 6.98. The summed E-state index contributed by atoms with van der Waals surface area (Å²) < 4.78 is 12.7. The molecule has 1 aliphatic heterocycles. The Bertz CT molecular complexity index is 1490. The van der Waals surface area contributed by atoms with Gasteiger partial charge in [0.05, 0.1) is 29.2 Å². The average molecular weight is 803 g/mol. The number of benzene rings is 3. The summed E-state index contributed by atoms with van der Waals surface area (Å²) in [5, 5.41) is 2.21. The van der Waals surface area contributed by atoms with Crippen molar-refractivity contribution in [3.05, 3.63) is 94.4 Å². The van der Waals surface area contributed by atoms with Crippen molar-refractivity contribution >= 4 is 103 Å². The van der Waals surface area contributed by atoms with Crippen molar-refractivity contribution < 1.29 is 28.7 Å². The van der Waals surface area contributed by atoms with E-state index in [9.17, 15) is 19.2 Å². The molecule has 4 rings (SSSR count). The molecular formula is C28H21ClI2N2O6S. The average Bonchev–Trinajstić information content (AvgIpc) is 3.17. The van der Waals surface area contributed by atoms with Crippen LogP contribution >= 0.6 is 68.5 Å². The third-order valence-corrected chi connectivity index (χ3v) is 8.30. The number of hydrogen-bond acceptors (Lipinski definition) is 7. The number of ether oxygens (including phenoxy) is 2. The minimum absolute atomic E-state index is 0.0937. The Morgan fingerprint density at radius 2 is 1.75 bits per heavy atom. The van der Waals surface area contributed by atoms with Crippen LogP contribution in [0.2, 0.25) is 5.02 Å². The molecule has 0 atom stereocenters. The fourth-order valence-corrected chi connectivity index (χ4v) is 6.79. The molecule has 1 aliphatic rings. The third kappa shape index (κ3) is 7.56. The maximum Gasteiger partial charge on any atom is 0.339 e. The summed E-state index contributed by atoms with van der Waals surface area (Å²) in [6, 6.07) is 17.9. The number of nitrogens with zero attached hydrogens (tertiary/aromatic N) is 1. The van der Waals surface area contributed by atoms with Gasteiger partial charge in [0.2, 0.25) is 5.91 Å². The minimum Gasteiger partial charge on any atom is -0.487 e. The highest BCUT2D eigenvalue weighted by atomic mass is 127. The molecule has 3 aromatic rings. The van der Waals surface area contributed by atoms with Crippen LogP contribution in [0.15, 0.2) is 65.6 Å². The number of amides is 3. The second kappa shape index (κ2) is 13.8. The summed E-state index contributed by atoms with van der Waals surface area (Å²) >= 11 is 11.2. The summed E-state index contributed by atoms with van der Waals surface area (Å²) in [6.07, 6.45) is 1.62. The lowest BCUT2D eigenvalue weighted by Crippen LogP contribution is -2.36. The van der Waals surface area contributed by atoms with Gasteiger partial charge in [-0.3, -0.25) is 19.3 Å². The highest BCUT2D eigenvalue weighted by Crippen LogP contribution is 2.35. The molecule has 0 saturated carbocycles. The van der Waals surface area contributed by atoms with E-state index in [4.69, 9.17) is 21.1 Å². The van der Waals surface area contributed by atoms with Gasteiger partial charge in [-0.2, -0.15) is 0 Å². The molecule has 0 unspecified atom stereocenters. The van der Waals surface area contributed by atoms with Crippen LogP contribution in [-0.2, 0) is 20.9 Å². The number of hydrogen-bond donors (Lipinski definition) is 1. The summed E-state index contributed by atoms with van der Waals surface area (Å²) in [4.78, 5) is 51.4. The van der Waals surface area contributed by atoms with Crippen molar-refractivity contribution in [1.29, 1.82) is 0 Å². The molecule has 3 aromatic carbocycles. The number of carbonyl (C=O) groups excluding carboxylic acids is 4. The Hall–Kier alpha value is -2.62. The molecule has 1 heterocycles. The van der Waals surface area contributed by atoms with Crippen molar-refractivity contribution in [3.8, 4) is 5.75 Å². The van der Waals surface area contributed by atoms with Gasteiger partial charge in [-0.25, -0.2) is 4.79 Å². The number of thioether (sulfide) groups is 1. The molecule has 1 saturated heterocycles. The molecule has 8 nitrogen and oxygen atoms in total. The van der Waals surface area contributed by atoms with Gasteiger partial charge in [-0.05, 0) is 111 Å². The lowest BCUT2D eigenvalue weighted by atomic mass is 10.2. The molecule has 3 amide bonds. The largest absolute Gasteiger partial charge is 0.487 e. The second-order valence-corrected chi connectivity index (χ2v) is 12.0. The quantitative estimate of drug-likeness (QED) is 0.142. The van der Waals surface area contributed by atoms with Gasteiger partial charge in [-0.1, -0.05) is 41.9 Å². The molecule has 206 valence electrons. The van der Waals surface area contributed by atoms with Crippen LogP contribution in [-0.4, -0.2) is 41.1 Å². The lowest BCUT2D eigenvalue weighted by molar-refractivity contribution is -0.127. The number of imide groups is 1. The van der Waals surface area contributed by atoms with E-state index in [-0.39, 0.29) is 27.8 Å². The molecular weight excluding hydrogens is 782 g/mol. The van der Waals surface area contributed by atoms with Crippen LogP contribution in [0.25, 0.3) is 6.08 Å². The van der Waals surface area contributed by atoms with Crippen molar-refractivity contribution in [2.75, 3.05) is 18.5 Å². The zero-order valence-electron chi connectivity index (χ0n) is 20.9. The molecule has 0 spiro atoms. The molecule has 0 aromatic heterocycles. The Kier molecular flexibility index (Phi) is 10.5. The summed E-state index contributed by atoms with van der Waals surface area (Å²) in [7, 11) is 0. The first-order valence-electron chi connectivity index (χ1n) is 11.8. The van der Waals surface area contributed by atoms with E-state index >= 15 is 0 Å². The molecule has 0 aliphatic carbocycles. The van der Waals surface area contributed by atoms with Crippen LogP contribution in [0.5, 0.6) is 5.75 Å². The van der Waals surface area contributed by atoms with E-state index in [1.54, 1.807) is 13.0 Å². The van der Waals surface area contributed by atoms with Crippen LogP contribution in [0, 0.1) is 7.14 Å². The van der Waals surface area contributed by atoms with Gasteiger partial charge in [0, 0.05) is 5.69 Å². The summed E-state index contributed by atoms with van der Waals surface area (Å²) in [5.41, 5.74) is 2.14. The van der Waals surface area contributed by atoms with Crippen molar-refractivity contribution in [1.82, 2.24) is 4.90 Å². The van der Waals surface area contributed by atoms with E-state index in [1.165, 1.54) is 18.2 Å². The molecule has 0 bridgehead atoms. The summed E-state index contributed by atoms with van der Waals surface area (Å²) in [5.74, 6) is -1.06. The predicted molar refractivity (Wildman–Crippen MR) is 171 cm³/mol. The van der Waals surface area contributed by atoms with Crippen LogP contribution in [0.1, 0.15) is 28.4 Å². The first kappa shape index (κ1) is 30.3. The van der Waals surface area contributed by atoms with E-state index in [2.05, 4.69) is 50.5 Å². The Balaban J connectivity index is 1.42. The minimum atomic E-state index is -0.625. The number of rotatable bonds is 9. The highest BCUT2D eigenvalue weighted by molar-refractivity contribution is 14.1. The van der Waals surface area contributed by atoms with Gasteiger partial charge in [0.15, 0.2) is 0 Å². The van der Waals surface area contributed by atoms with E-state index < -0.39 is 29.6 Å². The maximum atomic E-state index is 13.0. The summed E-state index contributed by atoms with van der Waals surface area (Å²) in [6.45, 7) is 1.78. The monoisotopic (exact) mass is 802 g/mol. The number of anilines is 1. The van der Waals surface area contributed by atoms with Gasteiger partial charge in [0.25, 0.3) is 11.1 Å². The van der Waals surface area contributed by atoms with E-state index in [0.717, 1.165) is 40.7 Å². The Morgan fingerprint density at radius 1 is 1.05 bits per heavy atom. The van der Waals surface area contributed by atoms with Crippen LogP contribution in [0.3, 0.4) is 0 Å². The molecule has 0 radical (unpaired) electrons. The second-order valence-electron chi connectivity index (χ2n) is 8.32. The smallest absolute Gasteiger partial charge is 0.339 e. The van der Waals surface area contributed by atoms with E-state index in [0.29, 0.717) is 6.61 Å². The number of halogens is 3. The topological polar surface area (TPSA) is 102 Å². The van der Waals surface area contributed by atoms with E-state index in [1.807, 2.05) is 42.5 Å². The zero-order valence-corrected chi connectivity index (χ0v) is 26.8. The molecule has 1 N–H and O–H groups in total.